The van der Waals surface area contributed by atoms with Gasteiger partial charge in [-0.15, -0.1) is 0 Å². The molecule has 25 heavy (non-hydrogen) atoms. The molecule has 2 aromatic carbocycles. The zero-order valence-corrected chi connectivity index (χ0v) is 14.5. The molecule has 1 aliphatic heterocycles. The molecule has 6 nitrogen and oxygen atoms in total. The van der Waals surface area contributed by atoms with Crippen molar-refractivity contribution in [3.8, 4) is 0 Å². The van der Waals surface area contributed by atoms with E-state index < -0.39 is 4.92 Å². The third kappa shape index (κ3) is 3.44. The molecule has 0 bridgehead atoms. The van der Waals surface area contributed by atoms with Crippen molar-refractivity contribution >= 4 is 28.9 Å². The van der Waals surface area contributed by atoms with E-state index in [0.29, 0.717) is 35.9 Å². The minimum Gasteiger partial charge on any atom is -0.361 e. The van der Waals surface area contributed by atoms with Crippen molar-refractivity contribution in [3.63, 3.8) is 0 Å². The topological polar surface area (TPSA) is 66.7 Å². The molecule has 0 spiro atoms. The second-order valence-electron chi connectivity index (χ2n) is 6.02. The van der Waals surface area contributed by atoms with Crippen LogP contribution in [-0.2, 0) is 0 Å². The van der Waals surface area contributed by atoms with Crippen LogP contribution < -0.4 is 4.90 Å². The summed E-state index contributed by atoms with van der Waals surface area (Å²) >= 11 is 6.22. The smallest absolute Gasteiger partial charge is 0.294 e. The SMILES string of the molecule is C[C@@H]1CN(c2c(Cl)cccc2[N+](=O)[O-])CCN1C(=O)c1ccccc1. The number of halogens is 1. The Labute approximate surface area is 150 Å². The number of nitro benzene ring substituents is 1. The monoisotopic (exact) mass is 359 g/mol. The molecular weight excluding hydrogens is 342 g/mol. The second-order valence-corrected chi connectivity index (χ2v) is 6.43. The van der Waals surface area contributed by atoms with Gasteiger partial charge >= 0.3 is 0 Å². The molecule has 2 aromatic rings. The first-order chi connectivity index (χ1) is 12.0. The average molecular weight is 360 g/mol. The third-order valence-corrected chi connectivity index (χ3v) is 4.69. The summed E-state index contributed by atoms with van der Waals surface area (Å²) in [4.78, 5) is 27.2. The summed E-state index contributed by atoms with van der Waals surface area (Å²) in [5.41, 5.74) is 1.06. The summed E-state index contributed by atoms with van der Waals surface area (Å²) in [6, 6.07) is 13.7. The Kier molecular flexibility index (Phi) is 4.90. The minimum atomic E-state index is -0.423. The summed E-state index contributed by atoms with van der Waals surface area (Å²) in [5, 5.41) is 11.7. The molecule has 3 rings (SSSR count). The highest BCUT2D eigenvalue weighted by atomic mass is 35.5. The summed E-state index contributed by atoms with van der Waals surface area (Å²) in [5.74, 6) is -0.0265. The largest absolute Gasteiger partial charge is 0.361 e. The van der Waals surface area contributed by atoms with Gasteiger partial charge in [0.1, 0.15) is 5.69 Å². The Hall–Kier alpha value is -2.60. The van der Waals surface area contributed by atoms with Gasteiger partial charge in [0.05, 0.1) is 9.95 Å². The fourth-order valence-electron chi connectivity index (χ4n) is 3.17. The van der Waals surface area contributed by atoms with Crippen LogP contribution in [-0.4, -0.2) is 41.4 Å². The van der Waals surface area contributed by atoms with E-state index in [2.05, 4.69) is 0 Å². The first-order valence-corrected chi connectivity index (χ1v) is 8.40. The summed E-state index contributed by atoms with van der Waals surface area (Å²) in [6.45, 7) is 3.41. The Morgan fingerprint density at radius 2 is 1.88 bits per heavy atom. The molecule has 1 fully saturated rings. The highest BCUT2D eigenvalue weighted by molar-refractivity contribution is 6.33. The number of piperazine rings is 1. The van der Waals surface area contributed by atoms with E-state index in [1.165, 1.54) is 6.07 Å². The molecule has 0 saturated carbocycles. The molecule has 1 heterocycles. The lowest BCUT2D eigenvalue weighted by Gasteiger charge is -2.41. The molecule has 7 heteroatoms. The number of carbonyl (C=O) groups is 1. The maximum atomic E-state index is 12.7. The number of carbonyl (C=O) groups excluding carboxylic acids is 1. The van der Waals surface area contributed by atoms with Gasteiger partial charge in [-0.1, -0.05) is 35.9 Å². The van der Waals surface area contributed by atoms with E-state index in [4.69, 9.17) is 11.6 Å². The average Bonchev–Trinajstić information content (AvgIpc) is 2.61. The van der Waals surface area contributed by atoms with E-state index in [9.17, 15) is 14.9 Å². The van der Waals surface area contributed by atoms with Crippen LogP contribution in [0.2, 0.25) is 5.02 Å². The molecule has 1 atom stereocenters. The van der Waals surface area contributed by atoms with Gasteiger partial charge < -0.3 is 9.80 Å². The predicted molar refractivity (Wildman–Crippen MR) is 97.3 cm³/mol. The second kappa shape index (κ2) is 7.11. The molecule has 0 aliphatic carbocycles. The molecule has 130 valence electrons. The fraction of sp³-hybridized carbons (Fsp3) is 0.278. The minimum absolute atomic E-state index is 0.0115. The molecule has 0 N–H and O–H groups in total. The third-order valence-electron chi connectivity index (χ3n) is 4.39. The van der Waals surface area contributed by atoms with E-state index in [1.807, 2.05) is 30.0 Å². The maximum Gasteiger partial charge on any atom is 0.294 e. The first-order valence-electron chi connectivity index (χ1n) is 8.03. The number of anilines is 1. The van der Waals surface area contributed by atoms with Crippen LogP contribution in [0.15, 0.2) is 48.5 Å². The van der Waals surface area contributed by atoms with Crippen LogP contribution in [0.3, 0.4) is 0 Å². The molecule has 1 saturated heterocycles. The number of nitro groups is 1. The predicted octanol–water partition coefficient (Wildman–Crippen LogP) is 3.60. The van der Waals surface area contributed by atoms with Crippen molar-refractivity contribution < 1.29 is 9.72 Å². The van der Waals surface area contributed by atoms with Gasteiger partial charge in [0, 0.05) is 37.3 Å². The molecular formula is C18H18ClN3O3. The van der Waals surface area contributed by atoms with E-state index in [1.54, 1.807) is 29.2 Å². The maximum absolute atomic E-state index is 12.7. The van der Waals surface area contributed by atoms with Crippen molar-refractivity contribution in [1.82, 2.24) is 4.90 Å². The number of para-hydroxylation sites is 1. The Morgan fingerprint density at radius 3 is 2.52 bits per heavy atom. The van der Waals surface area contributed by atoms with Crippen molar-refractivity contribution in [3.05, 3.63) is 69.2 Å². The number of amides is 1. The van der Waals surface area contributed by atoms with Crippen LogP contribution in [0.4, 0.5) is 11.4 Å². The number of hydrogen-bond acceptors (Lipinski definition) is 4. The first kappa shape index (κ1) is 17.2. The molecule has 1 aliphatic rings. The van der Waals surface area contributed by atoms with Crippen molar-refractivity contribution in [2.45, 2.75) is 13.0 Å². The van der Waals surface area contributed by atoms with Crippen molar-refractivity contribution in [1.29, 1.82) is 0 Å². The highest BCUT2D eigenvalue weighted by Crippen LogP contribution is 2.36. The van der Waals surface area contributed by atoms with Crippen molar-refractivity contribution in [2.75, 3.05) is 24.5 Å². The van der Waals surface area contributed by atoms with Gasteiger partial charge in [0.25, 0.3) is 11.6 Å². The van der Waals surface area contributed by atoms with Gasteiger partial charge in [-0.3, -0.25) is 14.9 Å². The van der Waals surface area contributed by atoms with Crippen LogP contribution in [0.5, 0.6) is 0 Å². The van der Waals surface area contributed by atoms with Crippen molar-refractivity contribution in [2.24, 2.45) is 0 Å². The van der Waals surface area contributed by atoms with Gasteiger partial charge in [-0.25, -0.2) is 0 Å². The zero-order valence-electron chi connectivity index (χ0n) is 13.8. The summed E-state index contributed by atoms with van der Waals surface area (Å²) in [7, 11) is 0. The van der Waals surface area contributed by atoms with E-state index >= 15 is 0 Å². The lowest BCUT2D eigenvalue weighted by molar-refractivity contribution is -0.384. The Bertz CT molecular complexity index is 797. The molecule has 0 aromatic heterocycles. The lowest BCUT2D eigenvalue weighted by Crippen LogP contribution is -2.54. The number of benzene rings is 2. The number of hydrogen-bond donors (Lipinski definition) is 0. The van der Waals surface area contributed by atoms with Crippen LogP contribution in [0, 0.1) is 10.1 Å². The number of rotatable bonds is 3. The standard InChI is InChI=1S/C18H18ClN3O3/c1-13-12-20(17-15(19)8-5-9-16(17)22(24)25)10-11-21(13)18(23)14-6-3-2-4-7-14/h2-9,13H,10-12H2,1H3/t13-/m1/s1. The van der Waals surface area contributed by atoms with Crippen LogP contribution >= 0.6 is 11.6 Å². The quantitative estimate of drug-likeness (QED) is 0.620. The molecule has 0 unspecified atom stereocenters. The van der Waals surface area contributed by atoms with E-state index in [0.717, 1.165) is 0 Å². The zero-order chi connectivity index (χ0) is 18.0. The number of nitrogens with zero attached hydrogens (tertiary/aromatic N) is 3. The van der Waals surface area contributed by atoms with Crippen LogP contribution in [0.25, 0.3) is 0 Å². The highest BCUT2D eigenvalue weighted by Gasteiger charge is 2.32. The Balaban J connectivity index is 1.81. The Morgan fingerprint density at radius 1 is 1.16 bits per heavy atom. The fourth-order valence-corrected chi connectivity index (χ4v) is 3.46. The normalized spacial score (nSPS) is 17.4. The van der Waals surface area contributed by atoms with Crippen LogP contribution in [0.1, 0.15) is 17.3 Å². The molecule has 1 amide bonds. The molecule has 0 radical (unpaired) electrons. The van der Waals surface area contributed by atoms with E-state index in [-0.39, 0.29) is 17.6 Å². The van der Waals surface area contributed by atoms with Gasteiger partial charge in [0.15, 0.2) is 0 Å². The summed E-state index contributed by atoms with van der Waals surface area (Å²) in [6.07, 6.45) is 0. The van der Waals surface area contributed by atoms with Gasteiger partial charge in [0.2, 0.25) is 0 Å². The van der Waals surface area contributed by atoms with Gasteiger partial charge in [-0.05, 0) is 25.1 Å². The van der Waals surface area contributed by atoms with Gasteiger partial charge in [-0.2, -0.15) is 0 Å². The summed E-state index contributed by atoms with van der Waals surface area (Å²) < 4.78 is 0. The lowest BCUT2D eigenvalue weighted by atomic mass is 10.1.